The van der Waals surface area contributed by atoms with Gasteiger partial charge in [0.05, 0.1) is 44.1 Å². The van der Waals surface area contributed by atoms with E-state index in [0.29, 0.717) is 37.7 Å². The lowest BCUT2D eigenvalue weighted by atomic mass is 9.33. The highest BCUT2D eigenvalue weighted by atomic mass is 16.8. The molecule has 8 rings (SSSR count). The molecule has 24 heteroatoms. The van der Waals surface area contributed by atoms with E-state index in [2.05, 4.69) is 26.8 Å². The summed E-state index contributed by atoms with van der Waals surface area (Å²) in [5.41, 5.74) is -3.78. The number of ether oxygens (including phenoxy) is 8. The molecule has 27 atom stereocenters. The molecule has 13 N–H and O–H groups in total. The van der Waals surface area contributed by atoms with Gasteiger partial charge in [-0.2, -0.15) is 0 Å². The predicted molar refractivity (Wildman–Crippen MR) is 269 cm³/mol. The van der Waals surface area contributed by atoms with E-state index < -0.39 is 199 Å². The van der Waals surface area contributed by atoms with Crippen LogP contribution in [0.3, 0.4) is 0 Å². The van der Waals surface area contributed by atoms with Crippen LogP contribution in [0.25, 0.3) is 0 Å². The summed E-state index contributed by atoms with van der Waals surface area (Å²) in [7, 11) is 0. The van der Waals surface area contributed by atoms with Crippen molar-refractivity contribution in [3.8, 4) is 0 Å². The van der Waals surface area contributed by atoms with Crippen molar-refractivity contribution in [2.45, 2.75) is 224 Å². The maximum atomic E-state index is 13.4. The summed E-state index contributed by atoms with van der Waals surface area (Å²) < 4.78 is 48.2. The fourth-order valence-electron chi connectivity index (χ4n) is 16.2. The van der Waals surface area contributed by atoms with E-state index in [1.54, 1.807) is 19.9 Å². The highest BCUT2D eigenvalue weighted by Gasteiger charge is 2.74. The van der Waals surface area contributed by atoms with Gasteiger partial charge < -0.3 is 104 Å². The van der Waals surface area contributed by atoms with Crippen LogP contribution in [-0.4, -0.2) is 227 Å². The number of carboxylic acids is 1. The van der Waals surface area contributed by atoms with Crippen molar-refractivity contribution in [1.29, 1.82) is 0 Å². The van der Waals surface area contributed by atoms with Gasteiger partial charge in [0, 0.05) is 23.3 Å². The topological polar surface area (TPSA) is 388 Å². The van der Waals surface area contributed by atoms with Crippen LogP contribution in [0.5, 0.6) is 0 Å². The fraction of sp³-hybridized carbons (Fsp3) is 0.873. The standard InChI is InChI=1S/C55H86O24/c1-10-23(2)46(71)79-43-44(72-24(3)60)55(22-59)26(17-50(43,4)5)25-11-12-30-51(6)15-14-32(52(7,21-58)29(51)13-16-53(30,8)54(25,9)18-31(55)61)75-49-41(77-48-38(67)36(65)34(63)28(20-57)74-48)39(68)40(42(78-49)45(69)70)76-47-37(66)35(64)33(62)27(19-56)73-47/h10-11,26-44,47-49,56-59,61-68H,12-22H2,1-9H3,(H,69,70)/t26-,27+,28+,29+,30+,31+,32-,33+,34+,35-,36-,37+,38+,39-,40-,41+,42-,43-,44-,47-,48-,49+,51-,52+,53+,54+,55-/m0/s1. The summed E-state index contributed by atoms with van der Waals surface area (Å²) in [6, 6.07) is 0. The van der Waals surface area contributed by atoms with Crippen LogP contribution in [0.1, 0.15) is 107 Å². The maximum Gasteiger partial charge on any atom is 0.335 e. The Balaban J connectivity index is 1.12. The molecule has 450 valence electrons. The van der Waals surface area contributed by atoms with Crippen molar-refractivity contribution in [1.82, 2.24) is 0 Å². The Hall–Kier alpha value is -2.83. The number of aliphatic hydroxyl groups excluding tert-OH is 12. The molecule has 7 fully saturated rings. The molecule has 24 nitrogen and oxygen atoms in total. The number of hydrogen-bond acceptors (Lipinski definition) is 23. The van der Waals surface area contributed by atoms with Gasteiger partial charge in [0.25, 0.3) is 0 Å². The van der Waals surface area contributed by atoms with E-state index in [0.717, 1.165) is 5.57 Å². The average Bonchev–Trinajstić information content (AvgIpc) is 3.29. The summed E-state index contributed by atoms with van der Waals surface area (Å²) in [5.74, 6) is -3.88. The van der Waals surface area contributed by atoms with Crippen molar-refractivity contribution in [3.63, 3.8) is 0 Å². The van der Waals surface area contributed by atoms with Gasteiger partial charge in [0.1, 0.15) is 79.4 Å². The summed E-state index contributed by atoms with van der Waals surface area (Å²) in [6.07, 6.45) is -26.5. The van der Waals surface area contributed by atoms with Gasteiger partial charge in [-0.15, -0.1) is 0 Å². The van der Waals surface area contributed by atoms with Crippen molar-refractivity contribution in [2.24, 2.45) is 50.2 Å². The number of allylic oxidation sites excluding steroid dienone is 3. The van der Waals surface area contributed by atoms with Crippen molar-refractivity contribution < 1.29 is 119 Å². The summed E-state index contributed by atoms with van der Waals surface area (Å²) in [5, 5.41) is 143. The largest absolute Gasteiger partial charge is 0.479 e. The van der Waals surface area contributed by atoms with Crippen LogP contribution in [0.15, 0.2) is 23.3 Å². The molecular weight excluding hydrogens is 1040 g/mol. The van der Waals surface area contributed by atoms with Crippen molar-refractivity contribution in [3.05, 3.63) is 23.3 Å². The molecular formula is C55H86O24. The molecule has 8 aliphatic rings. The molecule has 0 radical (unpaired) electrons. The molecule has 0 unspecified atom stereocenters. The van der Waals surface area contributed by atoms with E-state index in [4.69, 9.17) is 37.9 Å². The smallest absolute Gasteiger partial charge is 0.335 e. The van der Waals surface area contributed by atoms with Crippen LogP contribution in [0, 0.1) is 50.2 Å². The van der Waals surface area contributed by atoms with Gasteiger partial charge in [-0.25, -0.2) is 9.59 Å². The highest BCUT2D eigenvalue weighted by Crippen LogP contribution is 2.76. The molecule has 79 heavy (non-hydrogen) atoms. The van der Waals surface area contributed by atoms with Gasteiger partial charge in [-0.1, -0.05) is 59.3 Å². The first kappa shape index (κ1) is 62.2. The van der Waals surface area contributed by atoms with E-state index in [-0.39, 0.29) is 24.7 Å². The van der Waals surface area contributed by atoms with E-state index >= 15 is 0 Å². The number of fused-ring (bicyclic) bond motifs is 7. The first-order valence-electron chi connectivity index (χ1n) is 27.7. The predicted octanol–water partition coefficient (Wildman–Crippen LogP) is -1.32. The molecule has 0 aromatic heterocycles. The quantitative estimate of drug-likeness (QED) is 0.0415. The third kappa shape index (κ3) is 9.94. The summed E-state index contributed by atoms with van der Waals surface area (Å²) in [6.45, 7) is 14.1. The number of aliphatic carboxylic acids is 1. The zero-order valence-corrected chi connectivity index (χ0v) is 46.4. The van der Waals surface area contributed by atoms with Gasteiger partial charge in [0.2, 0.25) is 0 Å². The molecule has 3 heterocycles. The Morgan fingerprint density at radius 2 is 1.24 bits per heavy atom. The highest BCUT2D eigenvalue weighted by molar-refractivity contribution is 5.87. The van der Waals surface area contributed by atoms with Gasteiger partial charge in [-0.3, -0.25) is 4.79 Å². The fourth-order valence-corrected chi connectivity index (χ4v) is 16.2. The van der Waals surface area contributed by atoms with Crippen LogP contribution >= 0.6 is 0 Å². The SMILES string of the molecule is CC=C(C)C(=O)O[C@H]1[C@H](OC(C)=O)[C@]2(CO)[C@H](O)C[C@]3(C)C(=CC[C@@H]4[C@@]5(C)CC[C@H](O[C@@H]6O[C@H](C(=O)O)[C@@H](O[C@@H]7O[C@H](CO)[C@@H](O)[C@H](O)[C@H]7O)[C@H](O)[C@H]6O[C@@H]6O[C@H](CO)[C@@H](O)[C@H](O)[C@H]6O)[C@](C)(CO)[C@@H]5CC[C@]43C)[C@@H]2CC1(C)C. The van der Waals surface area contributed by atoms with Crippen LogP contribution in [0.4, 0.5) is 0 Å². The molecule has 0 spiro atoms. The van der Waals surface area contributed by atoms with Crippen LogP contribution in [-0.2, 0) is 52.3 Å². The number of aliphatic hydroxyl groups is 12. The third-order valence-electron chi connectivity index (χ3n) is 21.1. The summed E-state index contributed by atoms with van der Waals surface area (Å²) >= 11 is 0. The third-order valence-corrected chi connectivity index (χ3v) is 21.1. The second-order valence-corrected chi connectivity index (χ2v) is 25.5. The number of carbonyl (C=O) groups is 3. The lowest BCUT2D eigenvalue weighted by Crippen LogP contribution is -2.72. The molecule has 3 aliphatic heterocycles. The van der Waals surface area contributed by atoms with Crippen LogP contribution in [0.2, 0.25) is 0 Å². The zero-order chi connectivity index (χ0) is 58.4. The molecule has 0 aromatic rings. The molecule has 0 bridgehead atoms. The number of esters is 2. The van der Waals surface area contributed by atoms with E-state index in [1.807, 2.05) is 20.8 Å². The lowest BCUT2D eigenvalue weighted by Gasteiger charge is -2.72. The first-order chi connectivity index (χ1) is 36.9. The molecule has 5 aliphatic carbocycles. The number of hydrogen-bond donors (Lipinski definition) is 13. The molecule has 0 amide bonds. The number of carboxylic acid groups (broad SMARTS) is 1. The maximum absolute atomic E-state index is 13.4. The van der Waals surface area contributed by atoms with Gasteiger partial charge in [-0.05, 0) is 92.8 Å². The Morgan fingerprint density at radius 1 is 0.658 bits per heavy atom. The van der Waals surface area contributed by atoms with Crippen molar-refractivity contribution in [2.75, 3.05) is 26.4 Å². The minimum absolute atomic E-state index is 0.0849. The number of rotatable bonds is 14. The average molecular weight is 1130 g/mol. The molecule has 3 saturated heterocycles. The molecule has 0 aromatic carbocycles. The minimum Gasteiger partial charge on any atom is -0.479 e. The first-order valence-corrected chi connectivity index (χ1v) is 27.7. The van der Waals surface area contributed by atoms with Gasteiger partial charge in [0.15, 0.2) is 25.0 Å². The Morgan fingerprint density at radius 3 is 1.76 bits per heavy atom. The second-order valence-electron chi connectivity index (χ2n) is 25.5. The normalized spacial score (nSPS) is 50.6. The Bertz CT molecular complexity index is 2290. The minimum atomic E-state index is -2.18. The lowest BCUT2D eigenvalue weighted by molar-refractivity contribution is -0.392. The zero-order valence-electron chi connectivity index (χ0n) is 46.4. The Kier molecular flexibility index (Phi) is 17.8. The molecule has 4 saturated carbocycles. The monoisotopic (exact) mass is 1130 g/mol. The van der Waals surface area contributed by atoms with Gasteiger partial charge >= 0.3 is 17.9 Å². The van der Waals surface area contributed by atoms with Crippen molar-refractivity contribution >= 4 is 17.9 Å². The van der Waals surface area contributed by atoms with E-state index in [9.17, 15) is 80.8 Å². The van der Waals surface area contributed by atoms with Crippen LogP contribution < -0.4 is 0 Å². The Labute approximate surface area is 459 Å². The number of carbonyl (C=O) groups excluding carboxylic acids is 2. The second kappa shape index (κ2) is 22.6. The summed E-state index contributed by atoms with van der Waals surface area (Å²) in [4.78, 5) is 39.5. The van der Waals surface area contributed by atoms with E-state index in [1.165, 1.54) is 6.92 Å².